The van der Waals surface area contributed by atoms with Gasteiger partial charge in [-0.1, -0.05) is 18.2 Å². The fourth-order valence-corrected chi connectivity index (χ4v) is 4.29. The van der Waals surface area contributed by atoms with E-state index < -0.39 is 24.0 Å². The fraction of sp³-hybridized carbons (Fsp3) is 0.458. The summed E-state index contributed by atoms with van der Waals surface area (Å²) in [6.07, 6.45) is -3.56. The minimum Gasteiger partial charge on any atom is -0.494 e. The zero-order valence-corrected chi connectivity index (χ0v) is 17.5. The molecule has 0 amide bonds. The summed E-state index contributed by atoms with van der Waals surface area (Å²) >= 11 is 0. The standard InChI is InChI=1S/C24H25F3O5/c25-24(26,27)10-1-11-31-19-7-8-20-16(12-19)2-9-21(20)32-18-5-3-17(4-6-18)23(13-22(28)29)14-30-15-23/h3-8,12,21H,1-2,9-11,13-15H2,(H,28,29). The molecule has 1 N–H and O–H groups in total. The lowest BCUT2D eigenvalue weighted by atomic mass is 9.76. The predicted molar refractivity (Wildman–Crippen MR) is 110 cm³/mol. The zero-order valence-electron chi connectivity index (χ0n) is 17.5. The Hall–Kier alpha value is -2.74. The van der Waals surface area contributed by atoms with E-state index in [1.54, 1.807) is 6.07 Å². The van der Waals surface area contributed by atoms with Crippen molar-refractivity contribution in [2.45, 2.75) is 49.8 Å². The summed E-state index contributed by atoms with van der Waals surface area (Å²) in [5, 5.41) is 9.19. The second-order valence-corrected chi connectivity index (χ2v) is 8.44. The number of fused-ring (bicyclic) bond motifs is 1. The number of carbonyl (C=O) groups is 1. The number of ether oxygens (including phenoxy) is 3. The van der Waals surface area contributed by atoms with Crippen molar-refractivity contribution in [2.75, 3.05) is 19.8 Å². The topological polar surface area (TPSA) is 65.0 Å². The van der Waals surface area contributed by atoms with E-state index in [2.05, 4.69) is 0 Å². The molecule has 0 saturated carbocycles. The highest BCUT2D eigenvalue weighted by atomic mass is 19.4. The van der Waals surface area contributed by atoms with Crippen molar-refractivity contribution in [1.29, 1.82) is 0 Å². The smallest absolute Gasteiger partial charge is 0.389 e. The van der Waals surface area contributed by atoms with Crippen LogP contribution >= 0.6 is 0 Å². The van der Waals surface area contributed by atoms with Crippen LogP contribution in [0.3, 0.4) is 0 Å². The maximum Gasteiger partial charge on any atom is 0.389 e. The number of aliphatic carboxylic acids is 1. The molecule has 5 nitrogen and oxygen atoms in total. The Bertz CT molecular complexity index is 951. The van der Waals surface area contributed by atoms with Gasteiger partial charge in [0.05, 0.1) is 31.7 Å². The predicted octanol–water partition coefficient (Wildman–Crippen LogP) is 5.22. The second kappa shape index (κ2) is 9.02. The van der Waals surface area contributed by atoms with Crippen LogP contribution in [0, 0.1) is 0 Å². The molecule has 1 aliphatic heterocycles. The van der Waals surface area contributed by atoms with Crippen molar-refractivity contribution >= 4 is 5.97 Å². The molecule has 8 heteroatoms. The Morgan fingerprint density at radius 1 is 1.12 bits per heavy atom. The Balaban J connectivity index is 1.35. The molecule has 4 rings (SSSR count). The van der Waals surface area contributed by atoms with Crippen LogP contribution in [0.1, 0.15) is 48.5 Å². The number of hydrogen-bond donors (Lipinski definition) is 1. The van der Waals surface area contributed by atoms with Gasteiger partial charge in [0, 0.05) is 6.42 Å². The van der Waals surface area contributed by atoms with Crippen molar-refractivity contribution in [3.8, 4) is 11.5 Å². The molecule has 1 heterocycles. The summed E-state index contributed by atoms with van der Waals surface area (Å²) in [4.78, 5) is 11.2. The average Bonchev–Trinajstić information content (AvgIpc) is 3.10. The highest BCUT2D eigenvalue weighted by molar-refractivity contribution is 5.69. The Labute approximate surface area is 184 Å². The summed E-state index contributed by atoms with van der Waals surface area (Å²) in [5.41, 5.74) is 2.58. The molecular formula is C24H25F3O5. The lowest BCUT2D eigenvalue weighted by molar-refractivity contribution is -0.145. The number of benzene rings is 2. The van der Waals surface area contributed by atoms with Crippen LogP contribution in [-0.2, 0) is 21.4 Å². The molecule has 1 atom stereocenters. The van der Waals surface area contributed by atoms with Crippen LogP contribution in [0.25, 0.3) is 0 Å². The Kier molecular flexibility index (Phi) is 6.33. The highest BCUT2D eigenvalue weighted by Crippen LogP contribution is 2.39. The van der Waals surface area contributed by atoms with E-state index in [0.29, 0.717) is 24.7 Å². The monoisotopic (exact) mass is 450 g/mol. The van der Waals surface area contributed by atoms with E-state index in [1.807, 2.05) is 36.4 Å². The third-order valence-corrected chi connectivity index (χ3v) is 6.00. The first-order valence-corrected chi connectivity index (χ1v) is 10.6. The van der Waals surface area contributed by atoms with Gasteiger partial charge in [-0.25, -0.2) is 0 Å². The van der Waals surface area contributed by atoms with Crippen LogP contribution in [0.2, 0.25) is 0 Å². The minimum absolute atomic E-state index is 0.0268. The molecule has 1 aliphatic carbocycles. The highest BCUT2D eigenvalue weighted by Gasteiger charge is 2.42. The van der Waals surface area contributed by atoms with Crippen molar-refractivity contribution in [3.63, 3.8) is 0 Å². The van der Waals surface area contributed by atoms with Crippen LogP contribution in [-0.4, -0.2) is 37.1 Å². The molecule has 32 heavy (non-hydrogen) atoms. The van der Waals surface area contributed by atoms with E-state index in [0.717, 1.165) is 29.5 Å². The molecule has 2 aliphatic rings. The lowest BCUT2D eigenvalue weighted by Crippen LogP contribution is -2.48. The van der Waals surface area contributed by atoms with Crippen molar-refractivity contribution in [2.24, 2.45) is 0 Å². The summed E-state index contributed by atoms with van der Waals surface area (Å²) in [6.45, 7) is 0.825. The van der Waals surface area contributed by atoms with Crippen LogP contribution in [0.4, 0.5) is 13.2 Å². The van der Waals surface area contributed by atoms with Gasteiger partial charge in [-0.3, -0.25) is 4.79 Å². The summed E-state index contributed by atoms with van der Waals surface area (Å²) in [6, 6.07) is 13.1. The quantitative estimate of drug-likeness (QED) is 0.531. The summed E-state index contributed by atoms with van der Waals surface area (Å²) in [7, 11) is 0. The fourth-order valence-electron chi connectivity index (χ4n) is 4.29. The van der Waals surface area contributed by atoms with E-state index in [1.165, 1.54) is 0 Å². The Morgan fingerprint density at radius 2 is 1.84 bits per heavy atom. The summed E-state index contributed by atoms with van der Waals surface area (Å²) in [5.74, 6) is 0.423. The van der Waals surface area contributed by atoms with Gasteiger partial charge >= 0.3 is 12.1 Å². The molecule has 2 aromatic rings. The number of rotatable bonds is 9. The number of hydrogen-bond acceptors (Lipinski definition) is 4. The van der Waals surface area contributed by atoms with Gasteiger partial charge in [0.15, 0.2) is 0 Å². The number of alkyl halides is 3. The van der Waals surface area contributed by atoms with Gasteiger partial charge in [-0.2, -0.15) is 13.2 Å². The number of carboxylic acids is 1. The average molecular weight is 450 g/mol. The zero-order chi connectivity index (χ0) is 22.8. The third kappa shape index (κ3) is 5.18. The normalized spacial score (nSPS) is 19.2. The first-order valence-electron chi connectivity index (χ1n) is 10.6. The van der Waals surface area contributed by atoms with Crippen LogP contribution in [0.15, 0.2) is 42.5 Å². The third-order valence-electron chi connectivity index (χ3n) is 6.00. The Morgan fingerprint density at radius 3 is 2.47 bits per heavy atom. The first-order chi connectivity index (χ1) is 15.2. The molecule has 2 aromatic carbocycles. The van der Waals surface area contributed by atoms with Gasteiger partial charge in [0.25, 0.3) is 0 Å². The molecule has 0 radical (unpaired) electrons. The molecule has 0 bridgehead atoms. The molecule has 172 valence electrons. The van der Waals surface area contributed by atoms with Crippen molar-refractivity contribution in [3.05, 3.63) is 59.2 Å². The molecular weight excluding hydrogens is 425 g/mol. The van der Waals surface area contributed by atoms with Gasteiger partial charge in [-0.15, -0.1) is 0 Å². The van der Waals surface area contributed by atoms with E-state index in [4.69, 9.17) is 14.2 Å². The maximum absolute atomic E-state index is 12.2. The number of carboxylic acid groups (broad SMARTS) is 1. The first kappa shape index (κ1) is 22.5. The van der Waals surface area contributed by atoms with Gasteiger partial charge in [0.2, 0.25) is 0 Å². The molecule has 0 spiro atoms. The summed E-state index contributed by atoms with van der Waals surface area (Å²) < 4.78 is 53.6. The SMILES string of the molecule is O=C(O)CC1(c2ccc(OC3CCc4cc(OCCCC(F)(F)F)ccc43)cc2)COC1. The maximum atomic E-state index is 12.2. The largest absolute Gasteiger partial charge is 0.494 e. The molecule has 0 aromatic heterocycles. The van der Waals surface area contributed by atoms with Gasteiger partial charge in [-0.05, 0) is 60.2 Å². The lowest BCUT2D eigenvalue weighted by Gasteiger charge is -2.40. The van der Waals surface area contributed by atoms with Crippen LogP contribution in [0.5, 0.6) is 11.5 Å². The molecule has 1 fully saturated rings. The minimum atomic E-state index is -4.16. The van der Waals surface area contributed by atoms with Crippen molar-refractivity contribution in [1.82, 2.24) is 0 Å². The van der Waals surface area contributed by atoms with Gasteiger partial charge < -0.3 is 19.3 Å². The number of aryl methyl sites for hydroxylation is 1. The van der Waals surface area contributed by atoms with Gasteiger partial charge in [0.1, 0.15) is 17.6 Å². The molecule has 1 saturated heterocycles. The van der Waals surface area contributed by atoms with Crippen LogP contribution < -0.4 is 9.47 Å². The van der Waals surface area contributed by atoms with E-state index >= 15 is 0 Å². The molecule has 1 unspecified atom stereocenters. The van der Waals surface area contributed by atoms with E-state index in [-0.39, 0.29) is 25.6 Å². The number of halogens is 3. The van der Waals surface area contributed by atoms with Crippen molar-refractivity contribution < 1.29 is 37.3 Å². The van der Waals surface area contributed by atoms with E-state index in [9.17, 15) is 23.1 Å². The second-order valence-electron chi connectivity index (χ2n) is 8.44.